The topological polar surface area (TPSA) is 46.5 Å². The van der Waals surface area contributed by atoms with Crippen LogP contribution in [0.5, 0.6) is 11.5 Å². The van der Waals surface area contributed by atoms with Gasteiger partial charge in [-0.2, -0.15) is 0 Å². The summed E-state index contributed by atoms with van der Waals surface area (Å²) in [6.45, 7) is 13.5. The van der Waals surface area contributed by atoms with E-state index >= 15 is 0 Å². The number of benzene rings is 2. The molecular formula is C24H30O3. The highest BCUT2D eigenvalue weighted by Crippen LogP contribution is 2.49. The molecule has 0 atom stereocenters. The minimum atomic E-state index is -0.976. The standard InChI is InChI=1S/C24H30O3/c1-15(2)17-13-18-19(24(5,6)12-11-23(18,3)4)14-21(17)27-20-10-8-7-9-16(20)22(25)26/h7-10,13-15H,11-12H2,1-6H3,(H,25,26). The maximum atomic E-state index is 11.6. The first-order valence-corrected chi connectivity index (χ1v) is 9.72. The first kappa shape index (κ1) is 19.5. The Morgan fingerprint density at radius 2 is 1.52 bits per heavy atom. The zero-order valence-corrected chi connectivity index (χ0v) is 17.2. The first-order chi connectivity index (χ1) is 12.5. The van der Waals surface area contributed by atoms with Crippen LogP contribution in [-0.2, 0) is 10.8 Å². The second kappa shape index (κ2) is 6.70. The minimum Gasteiger partial charge on any atom is -0.478 e. The Morgan fingerprint density at radius 3 is 2.07 bits per heavy atom. The molecule has 3 heteroatoms. The van der Waals surface area contributed by atoms with Crippen LogP contribution < -0.4 is 4.74 Å². The smallest absolute Gasteiger partial charge is 0.339 e. The van der Waals surface area contributed by atoms with Crippen molar-refractivity contribution in [3.05, 3.63) is 58.7 Å². The summed E-state index contributed by atoms with van der Waals surface area (Å²) in [6.07, 6.45) is 2.28. The van der Waals surface area contributed by atoms with Crippen molar-refractivity contribution < 1.29 is 14.6 Å². The van der Waals surface area contributed by atoms with Crippen molar-refractivity contribution in [2.45, 2.75) is 71.1 Å². The molecule has 3 nitrogen and oxygen atoms in total. The normalized spacial score (nSPS) is 17.4. The largest absolute Gasteiger partial charge is 0.478 e. The predicted molar refractivity (Wildman–Crippen MR) is 109 cm³/mol. The molecule has 0 bridgehead atoms. The van der Waals surface area contributed by atoms with E-state index in [2.05, 4.69) is 53.7 Å². The monoisotopic (exact) mass is 366 g/mol. The van der Waals surface area contributed by atoms with E-state index < -0.39 is 5.97 Å². The number of hydrogen-bond acceptors (Lipinski definition) is 2. The summed E-state index contributed by atoms with van der Waals surface area (Å²) >= 11 is 0. The second-order valence-corrected chi connectivity index (χ2v) is 9.26. The molecule has 0 amide bonds. The lowest BCUT2D eigenvalue weighted by molar-refractivity contribution is 0.0694. The van der Waals surface area contributed by atoms with Gasteiger partial charge >= 0.3 is 5.97 Å². The van der Waals surface area contributed by atoms with Crippen LogP contribution >= 0.6 is 0 Å². The van der Waals surface area contributed by atoms with Crippen LogP contribution in [-0.4, -0.2) is 11.1 Å². The van der Waals surface area contributed by atoms with Crippen molar-refractivity contribution in [3.63, 3.8) is 0 Å². The molecule has 3 rings (SSSR count). The number of carbonyl (C=O) groups is 1. The number of aromatic carboxylic acids is 1. The van der Waals surface area contributed by atoms with E-state index in [9.17, 15) is 9.90 Å². The van der Waals surface area contributed by atoms with Crippen LogP contribution in [0, 0.1) is 0 Å². The molecule has 1 aliphatic rings. The molecule has 0 aliphatic heterocycles. The summed E-state index contributed by atoms with van der Waals surface area (Å²) in [5, 5.41) is 9.49. The molecule has 1 aliphatic carbocycles. The highest BCUT2D eigenvalue weighted by atomic mass is 16.5. The predicted octanol–water partition coefficient (Wildman–Crippen LogP) is 6.65. The average Bonchev–Trinajstić information content (AvgIpc) is 2.59. The fourth-order valence-corrected chi connectivity index (χ4v) is 4.00. The molecule has 0 radical (unpaired) electrons. The third-order valence-corrected chi connectivity index (χ3v) is 5.94. The summed E-state index contributed by atoms with van der Waals surface area (Å²) in [6, 6.07) is 11.3. The molecule has 2 aromatic carbocycles. The summed E-state index contributed by atoms with van der Waals surface area (Å²) in [5.41, 5.74) is 4.22. The van der Waals surface area contributed by atoms with E-state index in [0.717, 1.165) is 24.2 Å². The van der Waals surface area contributed by atoms with Crippen molar-refractivity contribution in [1.82, 2.24) is 0 Å². The number of ether oxygens (including phenoxy) is 1. The maximum Gasteiger partial charge on any atom is 0.339 e. The number of para-hydroxylation sites is 1. The Bertz CT molecular complexity index is 875. The maximum absolute atomic E-state index is 11.6. The van der Waals surface area contributed by atoms with Crippen molar-refractivity contribution in [2.24, 2.45) is 0 Å². The molecule has 0 heterocycles. The van der Waals surface area contributed by atoms with E-state index in [4.69, 9.17) is 4.74 Å². The summed E-state index contributed by atoms with van der Waals surface area (Å²) < 4.78 is 6.21. The summed E-state index contributed by atoms with van der Waals surface area (Å²) in [7, 11) is 0. The molecule has 0 saturated carbocycles. The number of hydrogen-bond donors (Lipinski definition) is 1. The van der Waals surface area contributed by atoms with Gasteiger partial charge in [-0.15, -0.1) is 0 Å². The molecule has 0 aromatic heterocycles. The van der Waals surface area contributed by atoms with Crippen molar-refractivity contribution in [1.29, 1.82) is 0 Å². The van der Waals surface area contributed by atoms with Gasteiger partial charge in [0.2, 0.25) is 0 Å². The Hall–Kier alpha value is -2.29. The first-order valence-electron chi connectivity index (χ1n) is 9.72. The van der Waals surface area contributed by atoms with E-state index in [-0.39, 0.29) is 22.3 Å². The third-order valence-electron chi connectivity index (χ3n) is 5.94. The van der Waals surface area contributed by atoms with Gasteiger partial charge in [0.05, 0.1) is 0 Å². The van der Waals surface area contributed by atoms with Crippen LogP contribution in [0.1, 0.15) is 87.4 Å². The Balaban J connectivity index is 2.18. The number of fused-ring (bicyclic) bond motifs is 1. The number of carboxylic acid groups (broad SMARTS) is 1. The zero-order valence-electron chi connectivity index (χ0n) is 17.2. The molecule has 0 saturated heterocycles. The van der Waals surface area contributed by atoms with Gasteiger partial charge in [0.1, 0.15) is 17.1 Å². The summed E-state index contributed by atoms with van der Waals surface area (Å²) in [5.74, 6) is 0.460. The van der Waals surface area contributed by atoms with Gasteiger partial charge in [-0.3, -0.25) is 0 Å². The third kappa shape index (κ3) is 3.60. The quantitative estimate of drug-likeness (QED) is 0.659. The van der Waals surface area contributed by atoms with E-state index in [1.54, 1.807) is 18.2 Å². The SMILES string of the molecule is CC(C)c1cc2c(cc1Oc1ccccc1C(=O)O)C(C)(C)CCC2(C)C. The molecule has 27 heavy (non-hydrogen) atoms. The van der Waals surface area contributed by atoms with E-state index in [0.29, 0.717) is 5.75 Å². The molecule has 0 fully saturated rings. The Labute approximate surface area is 162 Å². The Kier molecular flexibility index (Phi) is 4.83. The average molecular weight is 367 g/mol. The fourth-order valence-electron chi connectivity index (χ4n) is 4.00. The van der Waals surface area contributed by atoms with Crippen molar-refractivity contribution in [3.8, 4) is 11.5 Å². The van der Waals surface area contributed by atoms with E-state index in [1.165, 1.54) is 11.1 Å². The lowest BCUT2D eigenvalue weighted by Crippen LogP contribution is -2.34. The van der Waals surface area contributed by atoms with Crippen LogP contribution in [0.4, 0.5) is 0 Å². The van der Waals surface area contributed by atoms with Gasteiger partial charge in [-0.05, 0) is 64.5 Å². The number of rotatable bonds is 4. The lowest BCUT2D eigenvalue weighted by Gasteiger charge is -2.42. The number of carboxylic acids is 1. The van der Waals surface area contributed by atoms with Crippen molar-refractivity contribution >= 4 is 5.97 Å². The molecule has 144 valence electrons. The second-order valence-electron chi connectivity index (χ2n) is 9.26. The zero-order chi connectivity index (χ0) is 20.0. The minimum absolute atomic E-state index is 0.0742. The molecule has 2 aromatic rings. The molecule has 1 N–H and O–H groups in total. The van der Waals surface area contributed by atoms with Crippen LogP contribution in [0.3, 0.4) is 0 Å². The Morgan fingerprint density at radius 1 is 0.963 bits per heavy atom. The van der Waals surface area contributed by atoms with Crippen LogP contribution in [0.2, 0.25) is 0 Å². The van der Waals surface area contributed by atoms with Crippen molar-refractivity contribution in [2.75, 3.05) is 0 Å². The van der Waals surface area contributed by atoms with Gasteiger partial charge in [-0.25, -0.2) is 4.79 Å². The van der Waals surface area contributed by atoms with Gasteiger partial charge in [0.15, 0.2) is 0 Å². The van der Waals surface area contributed by atoms with Crippen LogP contribution in [0.25, 0.3) is 0 Å². The summed E-state index contributed by atoms with van der Waals surface area (Å²) in [4.78, 5) is 11.6. The van der Waals surface area contributed by atoms with Gasteiger partial charge in [0.25, 0.3) is 0 Å². The van der Waals surface area contributed by atoms with Gasteiger partial charge in [-0.1, -0.05) is 59.7 Å². The van der Waals surface area contributed by atoms with Crippen LogP contribution in [0.15, 0.2) is 36.4 Å². The fraction of sp³-hybridized carbons (Fsp3) is 0.458. The van der Waals surface area contributed by atoms with Gasteiger partial charge in [0, 0.05) is 0 Å². The highest BCUT2D eigenvalue weighted by molar-refractivity contribution is 5.91. The highest BCUT2D eigenvalue weighted by Gasteiger charge is 2.38. The molecular weight excluding hydrogens is 336 g/mol. The lowest BCUT2D eigenvalue weighted by atomic mass is 9.62. The van der Waals surface area contributed by atoms with Gasteiger partial charge < -0.3 is 9.84 Å². The van der Waals surface area contributed by atoms with E-state index in [1.807, 2.05) is 6.07 Å². The molecule has 0 spiro atoms. The molecule has 0 unspecified atom stereocenters.